The Morgan fingerprint density at radius 3 is 2.47 bits per heavy atom. The van der Waals surface area contributed by atoms with Crippen LogP contribution in [0.4, 0.5) is 4.39 Å². The van der Waals surface area contributed by atoms with Gasteiger partial charge in [0.25, 0.3) is 0 Å². The van der Waals surface area contributed by atoms with Gasteiger partial charge in [0.1, 0.15) is 12.1 Å². The molecule has 0 unspecified atom stereocenters. The topological polar surface area (TPSA) is 26.3 Å². The number of aldehydes is 1. The maximum Gasteiger partial charge on any atom is 0.150 e. The van der Waals surface area contributed by atoms with E-state index in [1.807, 2.05) is 0 Å². The van der Waals surface area contributed by atoms with Crippen LogP contribution >= 0.6 is 11.6 Å². The number of carbonyl (C=O) groups excluding carboxylic acids is 1. The van der Waals surface area contributed by atoms with Gasteiger partial charge in [0, 0.05) is 16.1 Å². The number of halogens is 2. The average Bonchev–Trinajstić information content (AvgIpc) is 2.43. The van der Waals surface area contributed by atoms with Crippen LogP contribution in [-0.2, 0) is 18.0 Å². The normalized spacial score (nSPS) is 10.4. The van der Waals surface area contributed by atoms with Crippen molar-refractivity contribution in [1.82, 2.24) is 0 Å². The van der Waals surface area contributed by atoms with Crippen LogP contribution in [0.15, 0.2) is 42.5 Å². The van der Waals surface area contributed by atoms with E-state index in [-0.39, 0.29) is 12.4 Å². The molecular weight excluding hydrogens is 267 g/mol. The van der Waals surface area contributed by atoms with Gasteiger partial charge in [-0.3, -0.25) is 4.79 Å². The van der Waals surface area contributed by atoms with E-state index < -0.39 is 0 Å². The van der Waals surface area contributed by atoms with Crippen molar-refractivity contribution >= 4 is 17.9 Å². The molecule has 0 bridgehead atoms. The lowest BCUT2D eigenvalue weighted by Gasteiger charge is -2.07. The van der Waals surface area contributed by atoms with Crippen molar-refractivity contribution in [3.05, 3.63) is 70.0 Å². The third-order valence-corrected chi connectivity index (χ3v) is 3.05. The highest BCUT2D eigenvalue weighted by atomic mass is 35.5. The minimum absolute atomic E-state index is 0.112. The van der Waals surface area contributed by atoms with E-state index in [1.165, 1.54) is 6.07 Å². The van der Waals surface area contributed by atoms with Crippen LogP contribution in [0.3, 0.4) is 0 Å². The molecule has 0 aliphatic carbocycles. The first-order valence-electron chi connectivity index (χ1n) is 5.75. The molecule has 98 valence electrons. The lowest BCUT2D eigenvalue weighted by Crippen LogP contribution is -1.98. The maximum atomic E-state index is 13.5. The standard InChI is InChI=1S/C15H12ClFO2/c16-14-2-1-3-15(17)13(14)10-19-9-12-6-4-11(8-18)5-7-12/h1-8H,9-10H2. The largest absolute Gasteiger partial charge is 0.372 e. The van der Waals surface area contributed by atoms with Crippen LogP contribution in [0, 0.1) is 5.82 Å². The lowest BCUT2D eigenvalue weighted by atomic mass is 10.1. The molecule has 19 heavy (non-hydrogen) atoms. The van der Waals surface area contributed by atoms with Gasteiger partial charge in [-0.05, 0) is 17.7 Å². The van der Waals surface area contributed by atoms with Gasteiger partial charge in [-0.1, -0.05) is 41.9 Å². The maximum absolute atomic E-state index is 13.5. The minimum Gasteiger partial charge on any atom is -0.372 e. The second kappa shape index (κ2) is 6.45. The molecule has 0 amide bonds. The summed E-state index contributed by atoms with van der Waals surface area (Å²) in [6.45, 7) is 0.449. The van der Waals surface area contributed by atoms with Crippen LogP contribution in [-0.4, -0.2) is 6.29 Å². The Bertz CT molecular complexity index is 547. The molecule has 0 N–H and O–H groups in total. The van der Waals surface area contributed by atoms with Crippen molar-refractivity contribution in [2.45, 2.75) is 13.2 Å². The van der Waals surface area contributed by atoms with Crippen molar-refractivity contribution in [2.75, 3.05) is 0 Å². The summed E-state index contributed by atoms with van der Waals surface area (Å²) in [7, 11) is 0. The Balaban J connectivity index is 1.94. The highest BCUT2D eigenvalue weighted by Crippen LogP contribution is 2.20. The summed E-state index contributed by atoms with van der Waals surface area (Å²) < 4.78 is 18.9. The molecular formula is C15H12ClFO2. The fourth-order valence-electron chi connectivity index (χ4n) is 1.63. The monoisotopic (exact) mass is 278 g/mol. The summed E-state index contributed by atoms with van der Waals surface area (Å²) in [6.07, 6.45) is 0.782. The van der Waals surface area contributed by atoms with Gasteiger partial charge in [-0.15, -0.1) is 0 Å². The Morgan fingerprint density at radius 2 is 1.84 bits per heavy atom. The first kappa shape index (κ1) is 13.7. The van der Waals surface area contributed by atoms with E-state index in [2.05, 4.69) is 0 Å². The number of rotatable bonds is 5. The Kier molecular flexibility index (Phi) is 4.66. The predicted molar refractivity (Wildman–Crippen MR) is 71.7 cm³/mol. The summed E-state index contributed by atoms with van der Waals surface area (Å²) in [6, 6.07) is 11.5. The second-order valence-corrected chi connectivity index (χ2v) is 4.46. The lowest BCUT2D eigenvalue weighted by molar-refractivity contribution is 0.105. The van der Waals surface area contributed by atoms with E-state index in [1.54, 1.807) is 36.4 Å². The smallest absolute Gasteiger partial charge is 0.150 e. The second-order valence-electron chi connectivity index (χ2n) is 4.05. The minimum atomic E-state index is -0.371. The SMILES string of the molecule is O=Cc1ccc(COCc2c(F)cccc2Cl)cc1. The van der Waals surface area contributed by atoms with Crippen molar-refractivity contribution < 1.29 is 13.9 Å². The molecule has 0 saturated carbocycles. The zero-order chi connectivity index (χ0) is 13.7. The highest BCUT2D eigenvalue weighted by molar-refractivity contribution is 6.31. The molecule has 0 radical (unpaired) electrons. The van der Waals surface area contributed by atoms with Crippen LogP contribution in [0.25, 0.3) is 0 Å². The Morgan fingerprint density at radius 1 is 1.11 bits per heavy atom. The zero-order valence-corrected chi connectivity index (χ0v) is 10.9. The fraction of sp³-hybridized carbons (Fsp3) is 0.133. The molecule has 4 heteroatoms. The number of hydrogen-bond acceptors (Lipinski definition) is 2. The number of hydrogen-bond donors (Lipinski definition) is 0. The molecule has 2 aromatic rings. The van der Waals surface area contributed by atoms with E-state index in [9.17, 15) is 9.18 Å². The summed E-state index contributed by atoms with van der Waals surface area (Å²) in [4.78, 5) is 10.5. The summed E-state index contributed by atoms with van der Waals surface area (Å²) in [5, 5.41) is 0.358. The molecule has 0 aliphatic rings. The van der Waals surface area contributed by atoms with Crippen molar-refractivity contribution in [3.63, 3.8) is 0 Å². The van der Waals surface area contributed by atoms with Crippen LogP contribution in [0.2, 0.25) is 5.02 Å². The third kappa shape index (κ3) is 3.63. The van der Waals surface area contributed by atoms with Gasteiger partial charge < -0.3 is 4.74 Å². The Hall–Kier alpha value is -1.71. The first-order chi connectivity index (χ1) is 9.20. The van der Waals surface area contributed by atoms with Crippen LogP contribution in [0.1, 0.15) is 21.5 Å². The van der Waals surface area contributed by atoms with Gasteiger partial charge >= 0.3 is 0 Å². The molecule has 0 aliphatic heterocycles. The van der Waals surface area contributed by atoms with E-state index in [0.717, 1.165) is 11.8 Å². The van der Waals surface area contributed by atoms with E-state index in [0.29, 0.717) is 22.8 Å². The summed E-state index contributed by atoms with van der Waals surface area (Å²) >= 11 is 5.89. The molecule has 0 aromatic heterocycles. The summed E-state index contributed by atoms with van der Waals surface area (Å²) in [5.74, 6) is -0.371. The zero-order valence-electron chi connectivity index (χ0n) is 10.1. The number of ether oxygens (including phenoxy) is 1. The predicted octanol–water partition coefficient (Wildman–Crippen LogP) is 4.01. The molecule has 0 spiro atoms. The Labute approximate surface area is 115 Å². The van der Waals surface area contributed by atoms with Gasteiger partial charge in [-0.2, -0.15) is 0 Å². The molecule has 2 nitrogen and oxygen atoms in total. The van der Waals surface area contributed by atoms with E-state index in [4.69, 9.17) is 16.3 Å². The van der Waals surface area contributed by atoms with Gasteiger partial charge in [0.15, 0.2) is 0 Å². The highest BCUT2D eigenvalue weighted by Gasteiger charge is 2.06. The van der Waals surface area contributed by atoms with Gasteiger partial charge in [0.05, 0.1) is 13.2 Å². The van der Waals surface area contributed by atoms with Crippen molar-refractivity contribution in [2.24, 2.45) is 0 Å². The van der Waals surface area contributed by atoms with Crippen molar-refractivity contribution in [3.8, 4) is 0 Å². The van der Waals surface area contributed by atoms with Gasteiger partial charge in [0.2, 0.25) is 0 Å². The fourth-order valence-corrected chi connectivity index (χ4v) is 1.85. The van der Waals surface area contributed by atoms with Crippen LogP contribution < -0.4 is 0 Å². The molecule has 2 rings (SSSR count). The number of carbonyl (C=O) groups is 1. The summed E-state index contributed by atoms with van der Waals surface area (Å²) in [5.41, 5.74) is 1.88. The van der Waals surface area contributed by atoms with Gasteiger partial charge in [-0.25, -0.2) is 4.39 Å². The number of benzene rings is 2. The van der Waals surface area contributed by atoms with Crippen molar-refractivity contribution in [1.29, 1.82) is 0 Å². The molecule has 0 fully saturated rings. The molecule has 2 aromatic carbocycles. The molecule has 0 atom stereocenters. The molecule has 0 saturated heterocycles. The molecule has 0 heterocycles. The first-order valence-corrected chi connectivity index (χ1v) is 6.13. The average molecular weight is 279 g/mol. The van der Waals surface area contributed by atoms with E-state index >= 15 is 0 Å². The van der Waals surface area contributed by atoms with Crippen LogP contribution in [0.5, 0.6) is 0 Å². The third-order valence-electron chi connectivity index (χ3n) is 2.69. The quantitative estimate of drug-likeness (QED) is 0.773.